The second kappa shape index (κ2) is 8.28. The number of aryl methyl sites for hydroxylation is 1. The van der Waals surface area contributed by atoms with Gasteiger partial charge in [-0.25, -0.2) is 0 Å². The van der Waals surface area contributed by atoms with Crippen LogP contribution in [0.25, 0.3) is 11.3 Å². The van der Waals surface area contributed by atoms with Gasteiger partial charge in [0.25, 0.3) is 5.91 Å². The third-order valence-electron chi connectivity index (χ3n) is 4.51. The molecule has 4 heteroatoms. The molecule has 3 aromatic rings. The average Bonchev–Trinajstić information content (AvgIpc) is 2.99. The molecule has 2 aromatic carbocycles. The van der Waals surface area contributed by atoms with Crippen molar-refractivity contribution in [1.29, 1.82) is 0 Å². The number of carbonyl (C=O) groups excluding carboxylic acids is 1. The van der Waals surface area contributed by atoms with Gasteiger partial charge in [0.1, 0.15) is 0 Å². The molecule has 1 amide bonds. The van der Waals surface area contributed by atoms with Gasteiger partial charge in [0.15, 0.2) is 0 Å². The Bertz CT molecular complexity index is 883. The SMILES string of the molecule is CSCCn1c(-c2ccccc2)cc(C(=O)Nc2ccc(C)cc2)c1C. The number of benzene rings is 2. The van der Waals surface area contributed by atoms with E-state index in [1.54, 1.807) is 0 Å². The predicted octanol–water partition coefficient (Wildman–Crippen LogP) is 5.39. The zero-order chi connectivity index (χ0) is 18.5. The van der Waals surface area contributed by atoms with Crippen molar-refractivity contribution in [3.63, 3.8) is 0 Å². The van der Waals surface area contributed by atoms with Crippen molar-refractivity contribution in [1.82, 2.24) is 4.57 Å². The molecule has 3 nitrogen and oxygen atoms in total. The molecule has 1 aromatic heterocycles. The number of nitrogens with zero attached hydrogens (tertiary/aromatic N) is 1. The first-order valence-corrected chi connectivity index (χ1v) is 10.1. The van der Waals surface area contributed by atoms with Crippen LogP contribution >= 0.6 is 11.8 Å². The number of amides is 1. The van der Waals surface area contributed by atoms with Crippen LogP contribution in [-0.4, -0.2) is 22.5 Å². The van der Waals surface area contributed by atoms with Crippen LogP contribution in [-0.2, 0) is 6.54 Å². The Kier molecular flexibility index (Phi) is 5.84. The summed E-state index contributed by atoms with van der Waals surface area (Å²) >= 11 is 1.81. The van der Waals surface area contributed by atoms with Crippen LogP contribution in [0.4, 0.5) is 5.69 Å². The molecule has 134 valence electrons. The molecule has 0 aliphatic carbocycles. The summed E-state index contributed by atoms with van der Waals surface area (Å²) in [6.45, 7) is 4.94. The van der Waals surface area contributed by atoms with Gasteiger partial charge in [0, 0.05) is 29.4 Å². The molecule has 0 radical (unpaired) electrons. The fraction of sp³-hybridized carbons (Fsp3) is 0.227. The van der Waals surface area contributed by atoms with E-state index in [9.17, 15) is 4.79 Å². The second-order valence-corrected chi connectivity index (χ2v) is 7.34. The molecule has 0 fully saturated rings. The number of hydrogen-bond acceptors (Lipinski definition) is 2. The van der Waals surface area contributed by atoms with Crippen LogP contribution in [0.15, 0.2) is 60.7 Å². The molecule has 0 saturated carbocycles. The van der Waals surface area contributed by atoms with E-state index in [1.807, 2.05) is 74.1 Å². The lowest BCUT2D eigenvalue weighted by Crippen LogP contribution is -2.13. The maximum absolute atomic E-state index is 12.9. The van der Waals surface area contributed by atoms with Crippen LogP contribution in [0, 0.1) is 13.8 Å². The van der Waals surface area contributed by atoms with Gasteiger partial charge in [-0.15, -0.1) is 0 Å². The van der Waals surface area contributed by atoms with Crippen molar-refractivity contribution in [2.24, 2.45) is 0 Å². The quantitative estimate of drug-likeness (QED) is 0.636. The van der Waals surface area contributed by atoms with Crippen LogP contribution in [0.5, 0.6) is 0 Å². The van der Waals surface area contributed by atoms with E-state index >= 15 is 0 Å². The number of aromatic nitrogens is 1. The predicted molar refractivity (Wildman–Crippen MR) is 112 cm³/mol. The topological polar surface area (TPSA) is 34.0 Å². The molecule has 0 unspecified atom stereocenters. The molecule has 0 atom stereocenters. The highest BCUT2D eigenvalue weighted by Crippen LogP contribution is 2.27. The first-order valence-electron chi connectivity index (χ1n) is 8.72. The van der Waals surface area contributed by atoms with Crippen molar-refractivity contribution < 1.29 is 4.79 Å². The molecule has 0 spiro atoms. The Morgan fingerprint density at radius 2 is 1.73 bits per heavy atom. The minimum absolute atomic E-state index is 0.0635. The summed E-state index contributed by atoms with van der Waals surface area (Å²) in [5, 5.41) is 3.02. The van der Waals surface area contributed by atoms with E-state index in [-0.39, 0.29) is 5.91 Å². The lowest BCUT2D eigenvalue weighted by molar-refractivity contribution is 0.102. The van der Waals surface area contributed by atoms with Crippen molar-refractivity contribution in [3.8, 4) is 11.3 Å². The normalized spacial score (nSPS) is 10.7. The van der Waals surface area contributed by atoms with Crippen LogP contribution < -0.4 is 5.32 Å². The van der Waals surface area contributed by atoms with Crippen LogP contribution in [0.1, 0.15) is 21.6 Å². The number of carbonyl (C=O) groups is 1. The van der Waals surface area contributed by atoms with Gasteiger partial charge in [-0.2, -0.15) is 11.8 Å². The van der Waals surface area contributed by atoms with Gasteiger partial charge >= 0.3 is 0 Å². The van der Waals surface area contributed by atoms with E-state index in [4.69, 9.17) is 0 Å². The highest BCUT2D eigenvalue weighted by molar-refractivity contribution is 7.98. The summed E-state index contributed by atoms with van der Waals surface area (Å²) in [6.07, 6.45) is 2.10. The van der Waals surface area contributed by atoms with Gasteiger partial charge in [0.05, 0.1) is 5.56 Å². The van der Waals surface area contributed by atoms with E-state index in [0.29, 0.717) is 0 Å². The van der Waals surface area contributed by atoms with Gasteiger partial charge in [-0.05, 0) is 43.9 Å². The van der Waals surface area contributed by atoms with E-state index in [2.05, 4.69) is 28.3 Å². The van der Waals surface area contributed by atoms with Crippen molar-refractivity contribution in [2.45, 2.75) is 20.4 Å². The minimum Gasteiger partial charge on any atom is -0.343 e. The Balaban J connectivity index is 1.95. The maximum Gasteiger partial charge on any atom is 0.257 e. The highest BCUT2D eigenvalue weighted by Gasteiger charge is 2.18. The largest absolute Gasteiger partial charge is 0.343 e. The maximum atomic E-state index is 12.9. The smallest absolute Gasteiger partial charge is 0.257 e. The molecule has 0 saturated heterocycles. The monoisotopic (exact) mass is 364 g/mol. The average molecular weight is 365 g/mol. The molecule has 26 heavy (non-hydrogen) atoms. The fourth-order valence-corrected chi connectivity index (χ4v) is 3.39. The van der Waals surface area contributed by atoms with Gasteiger partial charge < -0.3 is 9.88 Å². The second-order valence-electron chi connectivity index (χ2n) is 6.36. The molecule has 3 rings (SSSR count). The van der Waals surface area contributed by atoms with Gasteiger partial charge in [-0.1, -0.05) is 48.0 Å². The third-order valence-corrected chi connectivity index (χ3v) is 5.10. The number of rotatable bonds is 6. The lowest BCUT2D eigenvalue weighted by Gasteiger charge is -2.11. The zero-order valence-electron chi connectivity index (χ0n) is 15.5. The van der Waals surface area contributed by atoms with Crippen molar-refractivity contribution in [2.75, 3.05) is 17.3 Å². The molecule has 0 aliphatic heterocycles. The first kappa shape index (κ1) is 18.3. The third kappa shape index (κ3) is 4.02. The number of hydrogen-bond donors (Lipinski definition) is 1. The highest BCUT2D eigenvalue weighted by atomic mass is 32.2. The lowest BCUT2D eigenvalue weighted by atomic mass is 10.1. The summed E-state index contributed by atoms with van der Waals surface area (Å²) in [5.41, 5.74) is 5.94. The summed E-state index contributed by atoms with van der Waals surface area (Å²) in [5.74, 6) is 0.945. The Labute approximate surface area is 159 Å². The van der Waals surface area contributed by atoms with E-state index < -0.39 is 0 Å². The first-order chi connectivity index (χ1) is 12.6. The number of anilines is 1. The van der Waals surface area contributed by atoms with Crippen molar-refractivity contribution >= 4 is 23.4 Å². The summed E-state index contributed by atoms with van der Waals surface area (Å²) in [4.78, 5) is 12.9. The summed E-state index contributed by atoms with van der Waals surface area (Å²) in [6, 6.07) is 20.1. The van der Waals surface area contributed by atoms with E-state index in [1.165, 1.54) is 5.56 Å². The number of thioether (sulfide) groups is 1. The Morgan fingerprint density at radius 3 is 2.38 bits per heavy atom. The van der Waals surface area contributed by atoms with Gasteiger partial charge in [0.2, 0.25) is 0 Å². The van der Waals surface area contributed by atoms with Gasteiger partial charge in [-0.3, -0.25) is 4.79 Å². The standard InChI is InChI=1S/C22H24N2OS/c1-16-9-11-19(12-10-16)23-22(25)20-15-21(18-7-5-4-6-8-18)24(17(20)2)13-14-26-3/h4-12,15H,13-14H2,1-3H3,(H,23,25). The molecule has 1 N–H and O–H groups in total. The fourth-order valence-electron chi connectivity index (χ4n) is 3.03. The van der Waals surface area contributed by atoms with Crippen LogP contribution in [0.3, 0.4) is 0 Å². The minimum atomic E-state index is -0.0635. The molecular formula is C22H24N2OS. The molecule has 1 heterocycles. The van der Waals surface area contributed by atoms with Crippen molar-refractivity contribution in [3.05, 3.63) is 77.5 Å². The Morgan fingerprint density at radius 1 is 1.04 bits per heavy atom. The van der Waals surface area contributed by atoms with Crippen LogP contribution in [0.2, 0.25) is 0 Å². The molecule has 0 aliphatic rings. The van der Waals surface area contributed by atoms with E-state index in [0.717, 1.165) is 40.5 Å². The number of nitrogens with one attached hydrogen (secondary N) is 1. The summed E-state index contributed by atoms with van der Waals surface area (Å²) in [7, 11) is 0. The molecular weight excluding hydrogens is 340 g/mol. The zero-order valence-corrected chi connectivity index (χ0v) is 16.3. The summed E-state index contributed by atoms with van der Waals surface area (Å²) < 4.78 is 2.25. The Hall–Kier alpha value is -2.46. The molecule has 0 bridgehead atoms.